The van der Waals surface area contributed by atoms with E-state index in [0.29, 0.717) is 20.9 Å². The molecule has 28 heavy (non-hydrogen) atoms. The maximum Gasteiger partial charge on any atom is 0.325 e. The van der Waals surface area contributed by atoms with Crippen LogP contribution in [0.2, 0.25) is 10.0 Å². The number of thiazole rings is 1. The fourth-order valence-electron chi connectivity index (χ4n) is 3.19. The molecule has 2 N–H and O–H groups in total. The van der Waals surface area contributed by atoms with Crippen molar-refractivity contribution in [2.24, 2.45) is 0 Å². The van der Waals surface area contributed by atoms with Crippen molar-refractivity contribution in [3.63, 3.8) is 0 Å². The van der Waals surface area contributed by atoms with E-state index in [-0.39, 0.29) is 6.03 Å². The minimum atomic E-state index is -0.369. The first-order valence-corrected chi connectivity index (χ1v) is 10.5. The number of nitrogens with zero attached hydrogens (tertiary/aromatic N) is 2. The summed E-state index contributed by atoms with van der Waals surface area (Å²) in [4.78, 5) is 19.1. The Labute approximate surface area is 177 Å². The number of anilines is 2. The van der Waals surface area contributed by atoms with Crippen molar-refractivity contribution in [1.29, 1.82) is 0 Å². The van der Waals surface area contributed by atoms with Crippen molar-refractivity contribution in [2.45, 2.75) is 19.5 Å². The molecule has 1 aromatic heterocycles. The van der Waals surface area contributed by atoms with Crippen molar-refractivity contribution < 1.29 is 4.79 Å². The van der Waals surface area contributed by atoms with E-state index < -0.39 is 0 Å². The molecule has 2 aromatic carbocycles. The van der Waals surface area contributed by atoms with Crippen LogP contribution < -0.4 is 10.6 Å². The fraction of sp³-hybridized carbons (Fsp3) is 0.200. The topological polar surface area (TPSA) is 57.3 Å². The van der Waals surface area contributed by atoms with Gasteiger partial charge in [-0.2, -0.15) is 0 Å². The molecule has 0 saturated carbocycles. The second-order valence-electron chi connectivity index (χ2n) is 6.58. The van der Waals surface area contributed by atoms with E-state index in [4.69, 9.17) is 23.2 Å². The van der Waals surface area contributed by atoms with Crippen LogP contribution in [0, 0.1) is 0 Å². The molecule has 1 aliphatic rings. The summed E-state index contributed by atoms with van der Waals surface area (Å²) >= 11 is 13.3. The summed E-state index contributed by atoms with van der Waals surface area (Å²) in [6.07, 6.45) is 1.05. The molecule has 4 rings (SSSR count). The number of nitrogens with one attached hydrogen (secondary N) is 2. The van der Waals surface area contributed by atoms with Crippen LogP contribution in [0.4, 0.5) is 15.6 Å². The molecular weight excluding hydrogens is 415 g/mol. The van der Waals surface area contributed by atoms with E-state index in [2.05, 4.69) is 44.8 Å². The molecule has 0 radical (unpaired) electrons. The molecule has 8 heteroatoms. The average molecular weight is 433 g/mol. The van der Waals surface area contributed by atoms with Crippen LogP contribution in [0.25, 0.3) is 0 Å². The average Bonchev–Trinajstić information content (AvgIpc) is 3.11. The molecule has 0 saturated heterocycles. The molecule has 0 bridgehead atoms. The Morgan fingerprint density at radius 2 is 1.93 bits per heavy atom. The van der Waals surface area contributed by atoms with E-state index in [1.807, 2.05) is 5.38 Å². The van der Waals surface area contributed by atoms with E-state index in [0.717, 1.165) is 31.7 Å². The van der Waals surface area contributed by atoms with Gasteiger partial charge in [0.2, 0.25) is 0 Å². The highest BCUT2D eigenvalue weighted by atomic mass is 35.5. The predicted molar refractivity (Wildman–Crippen MR) is 115 cm³/mol. The Kier molecular flexibility index (Phi) is 5.82. The largest absolute Gasteiger partial charge is 0.325 e. The molecule has 0 spiro atoms. The number of halogens is 2. The standard InChI is InChI=1S/C20H18Cl2N4OS/c21-17-6-5-15(9-18(17)22)23-19(27)25-20-24-16(12-28-20)11-26-8-7-13-3-1-2-4-14(13)10-26/h1-6,9,12H,7-8,10-11H2,(H2,23,24,25,27). The quantitative estimate of drug-likeness (QED) is 0.559. The van der Waals surface area contributed by atoms with Gasteiger partial charge >= 0.3 is 6.03 Å². The third-order valence-electron chi connectivity index (χ3n) is 4.54. The monoisotopic (exact) mass is 432 g/mol. The Balaban J connectivity index is 1.33. The van der Waals surface area contributed by atoms with Gasteiger partial charge < -0.3 is 5.32 Å². The van der Waals surface area contributed by atoms with Gasteiger partial charge in [-0.1, -0.05) is 47.5 Å². The first-order valence-electron chi connectivity index (χ1n) is 8.83. The predicted octanol–water partition coefficient (Wildman–Crippen LogP) is 5.65. The summed E-state index contributed by atoms with van der Waals surface area (Å²) in [5, 5.41) is 8.86. The number of urea groups is 1. The highest BCUT2D eigenvalue weighted by molar-refractivity contribution is 7.13. The Morgan fingerprint density at radius 3 is 2.75 bits per heavy atom. The molecule has 0 atom stereocenters. The Hall–Kier alpha value is -2.12. The summed E-state index contributed by atoms with van der Waals surface area (Å²) in [6, 6.07) is 13.1. The second kappa shape index (κ2) is 8.49. The van der Waals surface area contributed by atoms with Crippen LogP contribution >= 0.6 is 34.5 Å². The molecule has 144 valence electrons. The molecule has 1 aliphatic heterocycles. The van der Waals surface area contributed by atoms with E-state index in [1.165, 1.54) is 22.5 Å². The van der Waals surface area contributed by atoms with Crippen molar-refractivity contribution in [3.8, 4) is 0 Å². The molecule has 0 unspecified atom stereocenters. The molecule has 0 fully saturated rings. The zero-order valence-corrected chi connectivity index (χ0v) is 17.2. The smallest absolute Gasteiger partial charge is 0.308 e. The molecule has 3 aromatic rings. The van der Waals surface area contributed by atoms with Crippen LogP contribution in [0.5, 0.6) is 0 Å². The van der Waals surface area contributed by atoms with Gasteiger partial charge in [0, 0.05) is 30.7 Å². The molecular formula is C20H18Cl2N4OS. The first-order chi connectivity index (χ1) is 13.6. The lowest BCUT2D eigenvalue weighted by Gasteiger charge is -2.27. The lowest BCUT2D eigenvalue weighted by Crippen LogP contribution is -2.30. The van der Waals surface area contributed by atoms with Gasteiger partial charge in [-0.3, -0.25) is 10.2 Å². The van der Waals surface area contributed by atoms with Gasteiger partial charge in [0.1, 0.15) is 0 Å². The third-order valence-corrected chi connectivity index (χ3v) is 6.09. The van der Waals surface area contributed by atoms with Crippen molar-refractivity contribution in [1.82, 2.24) is 9.88 Å². The van der Waals surface area contributed by atoms with Gasteiger partial charge in [-0.25, -0.2) is 9.78 Å². The summed E-state index contributed by atoms with van der Waals surface area (Å²) < 4.78 is 0. The van der Waals surface area contributed by atoms with Gasteiger partial charge in [0.05, 0.1) is 15.7 Å². The van der Waals surface area contributed by atoms with Crippen LogP contribution in [0.15, 0.2) is 47.8 Å². The van der Waals surface area contributed by atoms with E-state index in [9.17, 15) is 4.79 Å². The second-order valence-corrected chi connectivity index (χ2v) is 8.25. The fourth-order valence-corrected chi connectivity index (χ4v) is 4.18. The molecule has 2 heterocycles. The van der Waals surface area contributed by atoms with Crippen LogP contribution in [-0.4, -0.2) is 22.5 Å². The zero-order chi connectivity index (χ0) is 19.5. The van der Waals surface area contributed by atoms with Gasteiger partial charge in [0.15, 0.2) is 5.13 Å². The van der Waals surface area contributed by atoms with Crippen molar-refractivity contribution in [3.05, 3.63) is 74.7 Å². The maximum atomic E-state index is 12.2. The number of carbonyl (C=O) groups excluding carboxylic acids is 1. The summed E-state index contributed by atoms with van der Waals surface area (Å²) in [6.45, 7) is 2.70. The highest BCUT2D eigenvalue weighted by Gasteiger charge is 2.17. The van der Waals surface area contributed by atoms with Gasteiger partial charge in [0.25, 0.3) is 0 Å². The molecule has 2 amide bonds. The number of hydrogen-bond donors (Lipinski definition) is 2. The van der Waals surface area contributed by atoms with Crippen LogP contribution in [-0.2, 0) is 19.5 Å². The zero-order valence-electron chi connectivity index (χ0n) is 14.9. The number of aromatic nitrogens is 1. The minimum Gasteiger partial charge on any atom is -0.308 e. The first kappa shape index (κ1) is 19.2. The third kappa shape index (κ3) is 4.64. The van der Waals surface area contributed by atoms with Gasteiger partial charge in [-0.05, 0) is 35.7 Å². The van der Waals surface area contributed by atoms with Crippen LogP contribution in [0.1, 0.15) is 16.8 Å². The number of hydrogen-bond acceptors (Lipinski definition) is 4. The number of amides is 2. The summed E-state index contributed by atoms with van der Waals surface area (Å²) in [5.41, 5.74) is 4.33. The molecule has 5 nitrogen and oxygen atoms in total. The number of benzene rings is 2. The van der Waals surface area contributed by atoms with Gasteiger partial charge in [-0.15, -0.1) is 11.3 Å². The lowest BCUT2D eigenvalue weighted by atomic mass is 10.00. The van der Waals surface area contributed by atoms with Crippen LogP contribution in [0.3, 0.4) is 0 Å². The number of carbonyl (C=O) groups is 1. The van der Waals surface area contributed by atoms with Crippen molar-refractivity contribution >= 4 is 51.4 Å². The normalized spacial score (nSPS) is 13.8. The highest BCUT2D eigenvalue weighted by Crippen LogP contribution is 2.26. The van der Waals surface area contributed by atoms with Crippen molar-refractivity contribution in [2.75, 3.05) is 17.2 Å². The summed E-state index contributed by atoms with van der Waals surface area (Å²) in [5.74, 6) is 0. The lowest BCUT2D eigenvalue weighted by molar-refractivity contribution is 0.243. The Morgan fingerprint density at radius 1 is 1.11 bits per heavy atom. The molecule has 0 aliphatic carbocycles. The SMILES string of the molecule is O=C(Nc1ccc(Cl)c(Cl)c1)Nc1nc(CN2CCc3ccccc3C2)cs1. The summed E-state index contributed by atoms with van der Waals surface area (Å²) in [7, 11) is 0. The maximum absolute atomic E-state index is 12.2. The minimum absolute atomic E-state index is 0.369. The number of fused-ring (bicyclic) bond motifs is 1. The number of rotatable bonds is 4. The Bertz CT molecular complexity index is 1010. The van der Waals surface area contributed by atoms with E-state index >= 15 is 0 Å². The van der Waals surface area contributed by atoms with E-state index in [1.54, 1.807) is 18.2 Å².